The van der Waals surface area contributed by atoms with E-state index in [1.165, 1.54) is 0 Å². The van der Waals surface area contributed by atoms with Crippen LogP contribution in [0.15, 0.2) is 12.4 Å². The highest BCUT2D eigenvalue weighted by atomic mass is 32.1. The van der Waals surface area contributed by atoms with E-state index >= 15 is 0 Å². The van der Waals surface area contributed by atoms with Gasteiger partial charge >= 0.3 is 0 Å². The molecule has 5 heteroatoms. The normalized spacial score (nSPS) is 9.50. The third kappa shape index (κ3) is 2.50. The molecule has 0 spiro atoms. The molecule has 0 saturated carbocycles. The Balaban J connectivity index is 2.38. The summed E-state index contributed by atoms with van der Waals surface area (Å²) in [5.74, 6) is 0. The van der Waals surface area contributed by atoms with Crippen LogP contribution in [0.5, 0.6) is 0 Å². The molecule has 0 unspecified atom stereocenters. The van der Waals surface area contributed by atoms with Gasteiger partial charge in [-0.15, -0.1) is 0 Å². The highest BCUT2D eigenvalue weighted by Crippen LogP contribution is 1.94. The fourth-order valence-corrected chi connectivity index (χ4v) is 0.906. The molecule has 12 heavy (non-hydrogen) atoms. The molecule has 0 saturated heterocycles. The third-order valence-electron chi connectivity index (χ3n) is 1.44. The van der Waals surface area contributed by atoms with E-state index in [0.29, 0.717) is 11.7 Å². The molecule has 0 aliphatic rings. The summed E-state index contributed by atoms with van der Waals surface area (Å²) >= 11 is 4.91. The average Bonchev–Trinajstić information content (AvgIpc) is 2.47. The van der Waals surface area contributed by atoms with Crippen molar-refractivity contribution in [3.63, 3.8) is 0 Å². The maximum atomic E-state index is 4.91. The van der Waals surface area contributed by atoms with Gasteiger partial charge in [-0.2, -0.15) is 5.10 Å². The molecule has 2 N–H and O–H groups in total. The van der Waals surface area contributed by atoms with Gasteiger partial charge in [0.2, 0.25) is 0 Å². The largest absolute Gasteiger partial charge is 0.366 e. The van der Waals surface area contributed by atoms with Crippen LogP contribution in [0.2, 0.25) is 0 Å². The Labute approximate surface area is 77.0 Å². The molecule has 0 bridgehead atoms. The van der Waals surface area contributed by atoms with Crippen LogP contribution in [-0.4, -0.2) is 21.9 Å². The van der Waals surface area contributed by atoms with Gasteiger partial charge in [0.15, 0.2) is 5.11 Å². The number of hydrogen-bond acceptors (Lipinski definition) is 2. The molecule has 1 rings (SSSR count). The molecular weight excluding hydrogens is 172 g/mol. The second-order valence-electron chi connectivity index (χ2n) is 2.45. The van der Waals surface area contributed by atoms with Gasteiger partial charge in [0.25, 0.3) is 0 Å². The highest BCUT2D eigenvalue weighted by molar-refractivity contribution is 7.80. The lowest BCUT2D eigenvalue weighted by Gasteiger charge is -2.03. The van der Waals surface area contributed by atoms with Crippen molar-refractivity contribution in [1.82, 2.24) is 20.4 Å². The SMILES string of the molecule is CNC(=S)NCc1cnn(C)c1. The topological polar surface area (TPSA) is 41.9 Å². The van der Waals surface area contributed by atoms with Gasteiger partial charge in [-0.05, 0) is 12.2 Å². The summed E-state index contributed by atoms with van der Waals surface area (Å²) < 4.78 is 1.76. The minimum atomic E-state index is 0.652. The summed E-state index contributed by atoms with van der Waals surface area (Å²) in [5, 5.41) is 10.5. The summed E-state index contributed by atoms with van der Waals surface area (Å²) in [4.78, 5) is 0. The van der Waals surface area contributed by atoms with Crippen molar-refractivity contribution >= 4 is 17.3 Å². The molecular formula is C7H12N4S. The molecule has 1 aromatic rings. The zero-order valence-corrected chi connectivity index (χ0v) is 7.98. The van der Waals surface area contributed by atoms with Crippen molar-refractivity contribution in [2.45, 2.75) is 6.54 Å². The first-order chi connectivity index (χ1) is 5.72. The van der Waals surface area contributed by atoms with Crippen molar-refractivity contribution in [2.24, 2.45) is 7.05 Å². The van der Waals surface area contributed by atoms with E-state index in [1.807, 2.05) is 19.4 Å². The monoisotopic (exact) mass is 184 g/mol. The van der Waals surface area contributed by atoms with Crippen LogP contribution in [0.25, 0.3) is 0 Å². The summed E-state index contributed by atoms with van der Waals surface area (Å²) in [5.41, 5.74) is 1.12. The molecule has 4 nitrogen and oxygen atoms in total. The van der Waals surface area contributed by atoms with Crippen LogP contribution >= 0.6 is 12.2 Å². The second-order valence-corrected chi connectivity index (χ2v) is 2.86. The van der Waals surface area contributed by atoms with Crippen LogP contribution in [0, 0.1) is 0 Å². The zero-order chi connectivity index (χ0) is 8.97. The van der Waals surface area contributed by atoms with Gasteiger partial charge in [0, 0.05) is 32.4 Å². The van der Waals surface area contributed by atoms with Crippen molar-refractivity contribution in [3.8, 4) is 0 Å². The zero-order valence-electron chi connectivity index (χ0n) is 7.16. The minimum absolute atomic E-state index is 0.652. The predicted octanol–water partition coefficient (Wildman–Crippen LogP) is 0.0140. The minimum Gasteiger partial charge on any atom is -0.366 e. The van der Waals surface area contributed by atoms with Crippen molar-refractivity contribution < 1.29 is 0 Å². The number of nitrogens with zero attached hydrogens (tertiary/aromatic N) is 2. The fourth-order valence-electron chi connectivity index (χ4n) is 0.834. The summed E-state index contributed by atoms with van der Waals surface area (Å²) in [7, 11) is 3.68. The number of aromatic nitrogens is 2. The molecule has 0 aromatic carbocycles. The quantitative estimate of drug-likeness (QED) is 0.636. The average molecular weight is 184 g/mol. The molecule has 1 aromatic heterocycles. The molecule has 66 valence electrons. The highest BCUT2D eigenvalue weighted by Gasteiger charge is 1.95. The Morgan fingerprint density at radius 1 is 1.75 bits per heavy atom. The third-order valence-corrected chi connectivity index (χ3v) is 1.79. The van der Waals surface area contributed by atoms with Crippen LogP contribution in [0.1, 0.15) is 5.56 Å². The van der Waals surface area contributed by atoms with E-state index in [-0.39, 0.29) is 0 Å². The number of aryl methyl sites for hydroxylation is 1. The Kier molecular flexibility index (Phi) is 3.04. The lowest BCUT2D eigenvalue weighted by atomic mass is 10.4. The van der Waals surface area contributed by atoms with Crippen LogP contribution < -0.4 is 10.6 Å². The predicted molar refractivity (Wildman–Crippen MR) is 51.7 cm³/mol. The summed E-state index contributed by atoms with van der Waals surface area (Å²) in [6.07, 6.45) is 3.76. The molecule has 0 fully saturated rings. The molecule has 0 amide bonds. The number of thiocarbonyl (C=S) groups is 1. The maximum Gasteiger partial charge on any atom is 0.166 e. The van der Waals surface area contributed by atoms with Crippen LogP contribution in [0.4, 0.5) is 0 Å². The van der Waals surface area contributed by atoms with Gasteiger partial charge < -0.3 is 10.6 Å². The first-order valence-corrected chi connectivity index (χ1v) is 4.06. The summed E-state index contributed by atoms with van der Waals surface area (Å²) in [6, 6.07) is 0. The van der Waals surface area contributed by atoms with Gasteiger partial charge in [-0.25, -0.2) is 0 Å². The number of rotatable bonds is 2. The van der Waals surface area contributed by atoms with Crippen LogP contribution in [-0.2, 0) is 13.6 Å². The maximum absolute atomic E-state index is 4.91. The molecule has 0 aliphatic heterocycles. The Morgan fingerprint density at radius 2 is 2.50 bits per heavy atom. The first kappa shape index (κ1) is 8.99. The Hall–Kier alpha value is -1.10. The summed E-state index contributed by atoms with van der Waals surface area (Å²) in [6.45, 7) is 0.716. The van der Waals surface area contributed by atoms with Gasteiger partial charge in [-0.1, -0.05) is 0 Å². The molecule has 0 radical (unpaired) electrons. The van der Waals surface area contributed by atoms with E-state index < -0.39 is 0 Å². The molecule has 0 aliphatic carbocycles. The molecule has 0 atom stereocenters. The fraction of sp³-hybridized carbons (Fsp3) is 0.429. The standard InChI is InChI=1S/C7H12N4S/c1-8-7(12)9-3-6-4-10-11(2)5-6/h4-5H,3H2,1-2H3,(H2,8,9,12). The van der Waals surface area contributed by atoms with E-state index in [4.69, 9.17) is 12.2 Å². The Morgan fingerprint density at radius 3 is 3.00 bits per heavy atom. The first-order valence-electron chi connectivity index (χ1n) is 3.65. The van der Waals surface area contributed by atoms with Gasteiger partial charge in [0.1, 0.15) is 0 Å². The van der Waals surface area contributed by atoms with E-state index in [0.717, 1.165) is 5.56 Å². The van der Waals surface area contributed by atoms with Crippen molar-refractivity contribution in [3.05, 3.63) is 18.0 Å². The second kappa shape index (κ2) is 4.06. The lowest BCUT2D eigenvalue weighted by Crippen LogP contribution is -2.31. The Bertz CT molecular complexity index is 268. The van der Waals surface area contributed by atoms with E-state index in [9.17, 15) is 0 Å². The number of hydrogen-bond donors (Lipinski definition) is 2. The van der Waals surface area contributed by atoms with Crippen molar-refractivity contribution in [2.75, 3.05) is 7.05 Å². The van der Waals surface area contributed by atoms with Gasteiger partial charge in [0.05, 0.1) is 6.20 Å². The van der Waals surface area contributed by atoms with E-state index in [2.05, 4.69) is 15.7 Å². The van der Waals surface area contributed by atoms with Gasteiger partial charge in [-0.3, -0.25) is 4.68 Å². The van der Waals surface area contributed by atoms with Crippen molar-refractivity contribution in [1.29, 1.82) is 0 Å². The van der Waals surface area contributed by atoms with E-state index in [1.54, 1.807) is 11.7 Å². The smallest absolute Gasteiger partial charge is 0.166 e. The molecule has 1 heterocycles. The number of nitrogens with one attached hydrogen (secondary N) is 2. The lowest BCUT2D eigenvalue weighted by molar-refractivity contribution is 0.766. The van der Waals surface area contributed by atoms with Crippen LogP contribution in [0.3, 0.4) is 0 Å².